The number of hydrogen-bond donors (Lipinski definition) is 1. The second-order valence-electron chi connectivity index (χ2n) is 5.34. The molecule has 0 atom stereocenters. The first-order valence-electron chi connectivity index (χ1n) is 7.64. The van der Waals surface area contributed by atoms with Crippen molar-refractivity contribution >= 4 is 11.3 Å². The first kappa shape index (κ1) is 13.8. The van der Waals surface area contributed by atoms with Crippen LogP contribution in [0.15, 0.2) is 16.7 Å². The van der Waals surface area contributed by atoms with Gasteiger partial charge in [-0.05, 0) is 56.8 Å². The van der Waals surface area contributed by atoms with Gasteiger partial charge >= 0.3 is 0 Å². The number of nitrogens with one attached hydrogen (secondary N) is 1. The molecule has 0 fully saturated rings. The van der Waals surface area contributed by atoms with Crippen LogP contribution in [0.3, 0.4) is 0 Å². The van der Waals surface area contributed by atoms with Crippen LogP contribution < -0.4 is 5.32 Å². The lowest BCUT2D eigenvalue weighted by Crippen LogP contribution is -2.14. The Kier molecular flexibility index (Phi) is 4.53. The summed E-state index contributed by atoms with van der Waals surface area (Å²) in [5.41, 5.74) is 1.53. The highest BCUT2D eigenvalue weighted by Gasteiger charge is 2.16. The minimum absolute atomic E-state index is 0.865. The first-order valence-corrected chi connectivity index (χ1v) is 8.46. The number of hydrogen-bond acceptors (Lipinski definition) is 4. The number of oxazole rings is 1. The molecular formula is C16H22N2OS. The van der Waals surface area contributed by atoms with Crippen molar-refractivity contribution in [1.82, 2.24) is 10.3 Å². The Morgan fingerprint density at radius 1 is 1.35 bits per heavy atom. The van der Waals surface area contributed by atoms with Gasteiger partial charge in [0, 0.05) is 11.3 Å². The van der Waals surface area contributed by atoms with Gasteiger partial charge in [-0.2, -0.15) is 0 Å². The summed E-state index contributed by atoms with van der Waals surface area (Å²) in [4.78, 5) is 7.21. The van der Waals surface area contributed by atoms with Crippen LogP contribution in [0.1, 0.15) is 42.5 Å². The summed E-state index contributed by atoms with van der Waals surface area (Å²) in [5, 5.41) is 3.32. The van der Waals surface area contributed by atoms with Crippen molar-refractivity contribution in [3.63, 3.8) is 0 Å². The topological polar surface area (TPSA) is 38.1 Å². The fraction of sp³-hybridized carbons (Fsp3) is 0.562. The van der Waals surface area contributed by atoms with E-state index in [4.69, 9.17) is 4.42 Å². The molecule has 2 heterocycles. The number of thiophene rings is 1. The minimum Gasteiger partial charge on any atom is -0.440 e. The van der Waals surface area contributed by atoms with Crippen molar-refractivity contribution in [2.75, 3.05) is 13.1 Å². The largest absolute Gasteiger partial charge is 0.440 e. The van der Waals surface area contributed by atoms with E-state index >= 15 is 0 Å². The average Bonchev–Trinajstić information content (AvgIpc) is 3.09. The van der Waals surface area contributed by atoms with E-state index in [9.17, 15) is 0 Å². The fourth-order valence-corrected chi connectivity index (χ4v) is 3.89. The maximum Gasteiger partial charge on any atom is 0.194 e. The summed E-state index contributed by atoms with van der Waals surface area (Å²) in [6, 6.07) is 2.31. The Morgan fingerprint density at radius 3 is 3.10 bits per heavy atom. The van der Waals surface area contributed by atoms with Gasteiger partial charge in [-0.25, -0.2) is 4.98 Å². The van der Waals surface area contributed by atoms with E-state index in [0.717, 1.165) is 37.6 Å². The molecule has 0 bridgehead atoms. The van der Waals surface area contributed by atoms with Crippen molar-refractivity contribution in [3.8, 4) is 10.6 Å². The number of rotatable bonds is 6. The quantitative estimate of drug-likeness (QED) is 0.822. The Labute approximate surface area is 124 Å². The number of aryl methyl sites for hydroxylation is 3. The van der Waals surface area contributed by atoms with Gasteiger partial charge in [-0.15, -0.1) is 11.3 Å². The second kappa shape index (κ2) is 6.55. The van der Waals surface area contributed by atoms with Crippen molar-refractivity contribution in [3.05, 3.63) is 28.6 Å². The summed E-state index contributed by atoms with van der Waals surface area (Å²) in [6.07, 6.45) is 9.01. The highest BCUT2D eigenvalue weighted by molar-refractivity contribution is 7.15. The summed E-state index contributed by atoms with van der Waals surface area (Å²) >= 11 is 1.89. The summed E-state index contributed by atoms with van der Waals surface area (Å²) in [7, 11) is 0. The van der Waals surface area contributed by atoms with Crippen molar-refractivity contribution in [2.45, 2.75) is 45.4 Å². The maximum atomic E-state index is 5.90. The molecule has 1 N–H and O–H groups in total. The first-order chi connectivity index (χ1) is 9.86. The fourth-order valence-electron chi connectivity index (χ4n) is 2.69. The van der Waals surface area contributed by atoms with Gasteiger partial charge in [0.25, 0.3) is 0 Å². The summed E-state index contributed by atoms with van der Waals surface area (Å²) in [6.45, 7) is 4.18. The van der Waals surface area contributed by atoms with Gasteiger partial charge in [-0.3, -0.25) is 0 Å². The Morgan fingerprint density at radius 2 is 2.25 bits per heavy atom. The molecule has 2 aromatic rings. The summed E-state index contributed by atoms with van der Waals surface area (Å²) < 4.78 is 5.90. The third-order valence-electron chi connectivity index (χ3n) is 3.79. The van der Waals surface area contributed by atoms with E-state index < -0.39 is 0 Å². The van der Waals surface area contributed by atoms with E-state index in [1.54, 1.807) is 4.88 Å². The van der Waals surface area contributed by atoms with Crippen LogP contribution in [0.25, 0.3) is 10.6 Å². The minimum atomic E-state index is 0.865. The van der Waals surface area contributed by atoms with Crippen molar-refractivity contribution < 1.29 is 4.42 Å². The van der Waals surface area contributed by atoms with Crippen LogP contribution in [0, 0.1) is 0 Å². The Hall–Kier alpha value is -1.13. The van der Waals surface area contributed by atoms with Gasteiger partial charge < -0.3 is 9.73 Å². The van der Waals surface area contributed by atoms with Gasteiger partial charge in [0.2, 0.25) is 0 Å². The molecule has 3 nitrogen and oxygen atoms in total. The standard InChI is InChI=1S/C16H22N2OS/c1-2-17-9-5-8-16-18-11-13(19-16)15-10-12-6-3-4-7-14(12)20-15/h10-11,17H,2-9H2,1H3. The monoisotopic (exact) mass is 290 g/mol. The van der Waals surface area contributed by atoms with Crippen LogP contribution in [0.5, 0.6) is 0 Å². The highest BCUT2D eigenvalue weighted by atomic mass is 32.1. The van der Waals surface area contributed by atoms with E-state index in [-0.39, 0.29) is 0 Å². The molecule has 2 aromatic heterocycles. The van der Waals surface area contributed by atoms with Crippen LogP contribution in [-0.2, 0) is 19.3 Å². The molecule has 0 saturated heterocycles. The summed E-state index contributed by atoms with van der Waals surface area (Å²) in [5.74, 6) is 1.81. The Balaban J connectivity index is 1.65. The van der Waals surface area contributed by atoms with E-state index in [1.807, 2.05) is 17.5 Å². The van der Waals surface area contributed by atoms with Gasteiger partial charge in [0.05, 0.1) is 11.1 Å². The van der Waals surface area contributed by atoms with Gasteiger partial charge in [-0.1, -0.05) is 6.92 Å². The number of nitrogens with zero attached hydrogens (tertiary/aromatic N) is 1. The van der Waals surface area contributed by atoms with Gasteiger partial charge in [0.15, 0.2) is 11.7 Å². The molecule has 1 aliphatic carbocycles. The van der Waals surface area contributed by atoms with Crippen molar-refractivity contribution in [1.29, 1.82) is 0 Å². The molecule has 0 saturated carbocycles. The third-order valence-corrected chi connectivity index (χ3v) is 5.04. The lowest BCUT2D eigenvalue weighted by Gasteiger charge is -2.08. The predicted molar refractivity (Wildman–Crippen MR) is 83.3 cm³/mol. The second-order valence-corrected chi connectivity index (χ2v) is 6.48. The molecule has 1 aliphatic rings. The molecule has 0 aliphatic heterocycles. The van der Waals surface area contributed by atoms with Crippen LogP contribution in [-0.4, -0.2) is 18.1 Å². The van der Waals surface area contributed by atoms with Gasteiger partial charge in [0.1, 0.15) is 0 Å². The van der Waals surface area contributed by atoms with Crippen LogP contribution in [0.4, 0.5) is 0 Å². The number of aromatic nitrogens is 1. The molecular weight excluding hydrogens is 268 g/mol. The number of fused-ring (bicyclic) bond motifs is 1. The van der Waals surface area contributed by atoms with Crippen LogP contribution in [0.2, 0.25) is 0 Å². The zero-order valence-electron chi connectivity index (χ0n) is 12.1. The lowest BCUT2D eigenvalue weighted by molar-refractivity contribution is 0.494. The van der Waals surface area contributed by atoms with Crippen LogP contribution >= 0.6 is 11.3 Å². The molecule has 108 valence electrons. The molecule has 0 spiro atoms. The average molecular weight is 290 g/mol. The molecule has 4 heteroatoms. The predicted octanol–water partition coefficient (Wildman–Crippen LogP) is 3.82. The zero-order chi connectivity index (χ0) is 13.8. The molecule has 0 radical (unpaired) electrons. The van der Waals surface area contributed by atoms with E-state index in [0.29, 0.717) is 0 Å². The zero-order valence-corrected chi connectivity index (χ0v) is 12.9. The Bertz CT molecular complexity index is 535. The smallest absolute Gasteiger partial charge is 0.194 e. The van der Waals surface area contributed by atoms with E-state index in [1.165, 1.54) is 36.1 Å². The molecule has 0 aromatic carbocycles. The molecule has 0 unspecified atom stereocenters. The lowest BCUT2D eigenvalue weighted by atomic mass is 9.99. The van der Waals surface area contributed by atoms with Crippen molar-refractivity contribution in [2.24, 2.45) is 0 Å². The third kappa shape index (κ3) is 3.13. The molecule has 3 rings (SSSR count). The molecule has 0 amide bonds. The normalized spacial score (nSPS) is 14.4. The maximum absolute atomic E-state index is 5.90. The highest BCUT2D eigenvalue weighted by Crippen LogP contribution is 2.35. The van der Waals surface area contributed by atoms with E-state index in [2.05, 4.69) is 23.3 Å². The molecule has 20 heavy (non-hydrogen) atoms. The SMILES string of the molecule is CCNCCCc1ncc(-c2cc3c(s2)CCCC3)o1.